The summed E-state index contributed by atoms with van der Waals surface area (Å²) in [6.45, 7) is 7.75. The predicted molar refractivity (Wildman–Crippen MR) is 121 cm³/mol. The van der Waals surface area contributed by atoms with Gasteiger partial charge in [0.05, 0.1) is 28.4 Å². The van der Waals surface area contributed by atoms with Crippen molar-refractivity contribution in [3.63, 3.8) is 0 Å². The van der Waals surface area contributed by atoms with Gasteiger partial charge in [-0.3, -0.25) is 4.68 Å². The van der Waals surface area contributed by atoms with Gasteiger partial charge in [-0.25, -0.2) is 13.9 Å². The van der Waals surface area contributed by atoms with Crippen molar-refractivity contribution in [2.24, 2.45) is 7.05 Å². The van der Waals surface area contributed by atoms with Crippen molar-refractivity contribution >= 4 is 33.7 Å². The van der Waals surface area contributed by atoms with Gasteiger partial charge in [-0.15, -0.1) is 0 Å². The zero-order chi connectivity index (χ0) is 22.6. The van der Waals surface area contributed by atoms with Crippen molar-refractivity contribution in [2.75, 3.05) is 23.3 Å². The Morgan fingerprint density at radius 1 is 1.19 bits per heavy atom. The van der Waals surface area contributed by atoms with Crippen LogP contribution in [0.2, 0.25) is 0 Å². The molecule has 0 aliphatic carbocycles. The topological polar surface area (TPSA) is 99.1 Å². The fraction of sp³-hybridized carbons (Fsp3) is 0.364. The number of halogens is 1. The van der Waals surface area contributed by atoms with Gasteiger partial charge < -0.3 is 15.5 Å². The summed E-state index contributed by atoms with van der Waals surface area (Å²) in [6.07, 6.45) is 1.66. The number of rotatable bonds is 3. The number of nitrogens with zero attached hydrogens (tertiary/aromatic N) is 7. The van der Waals surface area contributed by atoms with E-state index in [2.05, 4.69) is 56.7 Å². The summed E-state index contributed by atoms with van der Waals surface area (Å²) in [4.78, 5) is 6.38. The molecule has 164 valence electrons. The Labute approximate surface area is 184 Å². The largest absolute Gasteiger partial charge is 0.368 e. The number of nitrogens with one attached hydrogen (secondary N) is 2. The minimum Gasteiger partial charge on any atom is -0.368 e. The molecule has 1 fully saturated rings. The lowest BCUT2D eigenvalue weighted by Crippen LogP contribution is -2.54. The van der Waals surface area contributed by atoms with Crippen molar-refractivity contribution in [2.45, 2.75) is 32.9 Å². The molecule has 0 saturated carbocycles. The van der Waals surface area contributed by atoms with Crippen LogP contribution in [-0.2, 0) is 7.05 Å². The Morgan fingerprint density at radius 3 is 2.66 bits per heavy atom. The van der Waals surface area contributed by atoms with Gasteiger partial charge >= 0.3 is 0 Å². The van der Waals surface area contributed by atoms with Gasteiger partial charge in [-0.2, -0.15) is 15.5 Å². The molecule has 5 rings (SSSR count). The Bertz CT molecular complexity index is 1370. The maximum atomic E-state index is 14.5. The molecule has 0 amide bonds. The minimum atomic E-state index is -0.486. The molecule has 3 aromatic heterocycles. The first-order valence-corrected chi connectivity index (χ1v) is 10.5. The van der Waals surface area contributed by atoms with Crippen LogP contribution in [0.1, 0.15) is 25.2 Å². The van der Waals surface area contributed by atoms with E-state index in [-0.39, 0.29) is 5.65 Å². The fourth-order valence-electron chi connectivity index (χ4n) is 4.52. The first-order chi connectivity index (χ1) is 15.3. The predicted octanol–water partition coefficient (Wildman–Crippen LogP) is 2.87. The van der Waals surface area contributed by atoms with Crippen molar-refractivity contribution in [3.05, 3.63) is 41.6 Å². The summed E-state index contributed by atoms with van der Waals surface area (Å²) in [7, 11) is 1.84. The van der Waals surface area contributed by atoms with Gasteiger partial charge in [-0.1, -0.05) is 0 Å². The Kier molecular flexibility index (Phi) is 4.71. The normalized spacial score (nSPS) is 18.9. The number of piperazine rings is 1. The average Bonchev–Trinajstić information content (AvgIpc) is 3.26. The molecular formula is C22H24FN9. The van der Waals surface area contributed by atoms with Crippen molar-refractivity contribution in [1.82, 2.24) is 29.7 Å². The molecule has 32 heavy (non-hydrogen) atoms. The Morgan fingerprint density at radius 2 is 1.94 bits per heavy atom. The molecule has 1 aromatic carbocycles. The third-order valence-electron chi connectivity index (χ3n) is 5.74. The van der Waals surface area contributed by atoms with E-state index in [4.69, 9.17) is 0 Å². The van der Waals surface area contributed by atoms with E-state index in [1.54, 1.807) is 17.8 Å². The third kappa shape index (κ3) is 3.40. The molecule has 10 heteroatoms. The number of nitriles is 1. The summed E-state index contributed by atoms with van der Waals surface area (Å²) in [6, 6.07) is 8.35. The lowest BCUT2D eigenvalue weighted by atomic mass is 10.1. The van der Waals surface area contributed by atoms with E-state index in [0.29, 0.717) is 40.4 Å². The van der Waals surface area contributed by atoms with Crippen LogP contribution in [0.25, 0.3) is 16.6 Å². The number of anilines is 3. The van der Waals surface area contributed by atoms with Gasteiger partial charge in [0.25, 0.3) is 0 Å². The molecule has 9 nitrogen and oxygen atoms in total. The molecule has 1 saturated heterocycles. The van der Waals surface area contributed by atoms with Crippen LogP contribution < -0.4 is 15.5 Å². The van der Waals surface area contributed by atoms with Crippen LogP contribution in [0.3, 0.4) is 0 Å². The molecule has 1 aliphatic rings. The SMILES string of the molecule is Cc1nc2c(F)cc(Nc3nn(C)c4cc(N5C[C@H](C)N[C@@H](C)C5)cc(C#N)c34)cn2n1. The zero-order valence-electron chi connectivity index (χ0n) is 18.4. The second-order valence-corrected chi connectivity index (χ2v) is 8.47. The lowest BCUT2D eigenvalue weighted by molar-refractivity contribution is 0.407. The number of aryl methyl sites for hydroxylation is 2. The summed E-state index contributed by atoms with van der Waals surface area (Å²) in [5, 5.41) is 26.1. The molecule has 4 heterocycles. The zero-order valence-corrected chi connectivity index (χ0v) is 18.4. The fourth-order valence-corrected chi connectivity index (χ4v) is 4.52. The Hall–Kier alpha value is -3.71. The van der Waals surface area contributed by atoms with E-state index < -0.39 is 5.82 Å². The van der Waals surface area contributed by atoms with Crippen LogP contribution in [0.4, 0.5) is 21.6 Å². The number of pyridine rings is 1. The standard InChI is InChI=1S/C22H24FN9/c1-12-9-31(10-13(2)25-12)17-5-15(8-24)20-19(7-17)30(4)29-21(20)27-16-6-18(23)22-26-14(3)28-32(22)11-16/h5-7,11-13,25H,9-10H2,1-4H3,(H,27,29)/t12-,13-/m0/s1. The van der Waals surface area contributed by atoms with E-state index in [1.165, 1.54) is 10.6 Å². The number of aromatic nitrogens is 5. The molecule has 2 atom stereocenters. The summed E-state index contributed by atoms with van der Waals surface area (Å²) >= 11 is 0. The Balaban J connectivity index is 1.57. The van der Waals surface area contributed by atoms with Gasteiger partial charge in [0.2, 0.25) is 0 Å². The maximum absolute atomic E-state index is 14.5. The monoisotopic (exact) mass is 433 g/mol. The highest BCUT2D eigenvalue weighted by atomic mass is 19.1. The number of fused-ring (bicyclic) bond motifs is 2. The van der Waals surface area contributed by atoms with Crippen LogP contribution in [0, 0.1) is 24.1 Å². The minimum absolute atomic E-state index is 0.167. The summed E-state index contributed by atoms with van der Waals surface area (Å²) < 4.78 is 17.6. The first-order valence-electron chi connectivity index (χ1n) is 10.5. The van der Waals surface area contributed by atoms with Gasteiger partial charge in [-0.05, 0) is 32.9 Å². The molecule has 0 bridgehead atoms. The van der Waals surface area contributed by atoms with Gasteiger partial charge in [0.15, 0.2) is 17.3 Å². The van der Waals surface area contributed by atoms with Crippen molar-refractivity contribution < 1.29 is 4.39 Å². The molecule has 0 unspecified atom stereocenters. The summed E-state index contributed by atoms with van der Waals surface area (Å²) in [5.74, 6) is 0.490. The highest BCUT2D eigenvalue weighted by Crippen LogP contribution is 2.33. The van der Waals surface area contributed by atoms with Crippen molar-refractivity contribution in [1.29, 1.82) is 5.26 Å². The molecule has 4 aromatic rings. The molecule has 2 N–H and O–H groups in total. The number of hydrogen-bond donors (Lipinski definition) is 2. The molecular weight excluding hydrogens is 409 g/mol. The summed E-state index contributed by atoms with van der Waals surface area (Å²) in [5.41, 5.74) is 2.98. The van der Waals surface area contributed by atoms with Crippen LogP contribution in [-0.4, -0.2) is 49.6 Å². The van der Waals surface area contributed by atoms with Crippen LogP contribution in [0.15, 0.2) is 24.4 Å². The lowest BCUT2D eigenvalue weighted by Gasteiger charge is -2.37. The quantitative estimate of drug-likeness (QED) is 0.513. The van der Waals surface area contributed by atoms with Crippen molar-refractivity contribution in [3.8, 4) is 6.07 Å². The average molecular weight is 433 g/mol. The van der Waals surface area contributed by atoms with Crippen LogP contribution >= 0.6 is 0 Å². The van der Waals surface area contributed by atoms with E-state index in [0.717, 1.165) is 24.3 Å². The highest BCUT2D eigenvalue weighted by molar-refractivity contribution is 5.98. The van der Waals surface area contributed by atoms with E-state index in [1.807, 2.05) is 13.1 Å². The molecule has 0 spiro atoms. The first kappa shape index (κ1) is 20.2. The smallest absolute Gasteiger partial charge is 0.191 e. The van der Waals surface area contributed by atoms with Gasteiger partial charge in [0, 0.05) is 44.0 Å². The second kappa shape index (κ2) is 7.46. The highest BCUT2D eigenvalue weighted by Gasteiger charge is 2.24. The number of hydrogen-bond acceptors (Lipinski definition) is 7. The maximum Gasteiger partial charge on any atom is 0.191 e. The van der Waals surface area contributed by atoms with E-state index >= 15 is 0 Å². The molecule has 1 aliphatic heterocycles. The van der Waals surface area contributed by atoms with E-state index in [9.17, 15) is 9.65 Å². The van der Waals surface area contributed by atoms with Crippen LogP contribution in [0.5, 0.6) is 0 Å². The van der Waals surface area contributed by atoms with Gasteiger partial charge in [0.1, 0.15) is 11.9 Å². The second-order valence-electron chi connectivity index (χ2n) is 8.47. The third-order valence-corrected chi connectivity index (χ3v) is 5.74. The molecule has 0 radical (unpaired) electrons. The number of benzene rings is 1.